The van der Waals surface area contributed by atoms with E-state index in [1.54, 1.807) is 25.3 Å². The molecule has 1 atom stereocenters. The van der Waals surface area contributed by atoms with Gasteiger partial charge in [0.2, 0.25) is 5.75 Å². The summed E-state index contributed by atoms with van der Waals surface area (Å²) in [6.45, 7) is 1.83. The standard InChI is InChI=1S/C18H21NO4/c1-13(14-8-5-4-6-9-14)19-17(20)12-23-16-11-7-10-15(21-2)18(16)22-3/h4-11,13H,12H2,1-3H3,(H,19,20). The van der Waals surface area contributed by atoms with E-state index in [-0.39, 0.29) is 18.6 Å². The first-order chi connectivity index (χ1) is 11.2. The lowest BCUT2D eigenvalue weighted by Gasteiger charge is -2.16. The summed E-state index contributed by atoms with van der Waals surface area (Å²) in [5, 5.41) is 2.90. The molecule has 5 nitrogen and oxygen atoms in total. The van der Waals surface area contributed by atoms with Gasteiger partial charge >= 0.3 is 0 Å². The van der Waals surface area contributed by atoms with Crippen LogP contribution in [0.2, 0.25) is 0 Å². The zero-order valence-corrected chi connectivity index (χ0v) is 13.5. The van der Waals surface area contributed by atoms with E-state index in [4.69, 9.17) is 14.2 Å². The van der Waals surface area contributed by atoms with E-state index in [9.17, 15) is 4.79 Å². The van der Waals surface area contributed by atoms with Crippen LogP contribution >= 0.6 is 0 Å². The van der Waals surface area contributed by atoms with Crippen LogP contribution in [0.5, 0.6) is 17.2 Å². The van der Waals surface area contributed by atoms with E-state index in [1.807, 2.05) is 37.3 Å². The van der Waals surface area contributed by atoms with Gasteiger partial charge in [0.15, 0.2) is 18.1 Å². The van der Waals surface area contributed by atoms with Gasteiger partial charge < -0.3 is 19.5 Å². The van der Waals surface area contributed by atoms with Gasteiger partial charge in [0.25, 0.3) is 5.91 Å². The molecule has 0 fully saturated rings. The summed E-state index contributed by atoms with van der Waals surface area (Å²) in [5.74, 6) is 1.29. The van der Waals surface area contributed by atoms with Crippen molar-refractivity contribution < 1.29 is 19.0 Å². The van der Waals surface area contributed by atoms with Crippen LogP contribution in [0.15, 0.2) is 48.5 Å². The van der Waals surface area contributed by atoms with Crippen molar-refractivity contribution in [3.8, 4) is 17.2 Å². The summed E-state index contributed by atoms with van der Waals surface area (Å²) < 4.78 is 16.0. The van der Waals surface area contributed by atoms with Crippen LogP contribution in [0, 0.1) is 0 Å². The lowest BCUT2D eigenvalue weighted by Crippen LogP contribution is -2.31. The molecule has 5 heteroatoms. The third-order valence-corrected chi connectivity index (χ3v) is 3.40. The molecule has 0 aliphatic rings. The van der Waals surface area contributed by atoms with Gasteiger partial charge in [0.05, 0.1) is 20.3 Å². The number of benzene rings is 2. The Balaban J connectivity index is 1.95. The number of carbonyl (C=O) groups is 1. The maximum absolute atomic E-state index is 12.0. The Labute approximate surface area is 136 Å². The Bertz CT molecular complexity index is 643. The highest BCUT2D eigenvalue weighted by molar-refractivity contribution is 5.78. The van der Waals surface area contributed by atoms with Gasteiger partial charge in [-0.2, -0.15) is 0 Å². The smallest absolute Gasteiger partial charge is 0.258 e. The van der Waals surface area contributed by atoms with Crippen LogP contribution < -0.4 is 19.5 Å². The van der Waals surface area contributed by atoms with Gasteiger partial charge in [0.1, 0.15) is 0 Å². The van der Waals surface area contributed by atoms with E-state index in [0.717, 1.165) is 5.56 Å². The van der Waals surface area contributed by atoms with Crippen molar-refractivity contribution in [3.05, 3.63) is 54.1 Å². The van der Waals surface area contributed by atoms with E-state index < -0.39 is 0 Å². The number of amides is 1. The molecule has 2 rings (SSSR count). The van der Waals surface area contributed by atoms with Gasteiger partial charge in [-0.3, -0.25) is 4.79 Å². The van der Waals surface area contributed by atoms with Gasteiger partial charge in [0, 0.05) is 0 Å². The number of hydrogen-bond donors (Lipinski definition) is 1. The predicted molar refractivity (Wildman–Crippen MR) is 88.0 cm³/mol. The van der Waals surface area contributed by atoms with E-state index >= 15 is 0 Å². The normalized spacial score (nSPS) is 11.4. The van der Waals surface area contributed by atoms with E-state index in [0.29, 0.717) is 17.2 Å². The van der Waals surface area contributed by atoms with Gasteiger partial charge in [-0.25, -0.2) is 0 Å². The molecule has 0 saturated carbocycles. The fourth-order valence-corrected chi connectivity index (χ4v) is 2.22. The first-order valence-electron chi connectivity index (χ1n) is 7.33. The highest BCUT2D eigenvalue weighted by Crippen LogP contribution is 2.36. The highest BCUT2D eigenvalue weighted by Gasteiger charge is 2.14. The molecule has 1 unspecified atom stereocenters. The average Bonchev–Trinajstić information content (AvgIpc) is 2.60. The largest absolute Gasteiger partial charge is 0.493 e. The molecule has 2 aromatic rings. The number of hydrogen-bond acceptors (Lipinski definition) is 4. The van der Waals surface area contributed by atoms with E-state index in [2.05, 4.69) is 5.32 Å². The van der Waals surface area contributed by atoms with Crippen molar-refractivity contribution >= 4 is 5.91 Å². The Morgan fingerprint density at radius 3 is 2.35 bits per heavy atom. The minimum Gasteiger partial charge on any atom is -0.493 e. The minimum absolute atomic E-state index is 0.0838. The summed E-state index contributed by atoms with van der Waals surface area (Å²) in [5.41, 5.74) is 1.04. The third kappa shape index (κ3) is 4.39. The molecule has 1 amide bonds. The molecular formula is C18H21NO4. The quantitative estimate of drug-likeness (QED) is 0.853. The molecular weight excluding hydrogens is 294 g/mol. The number of rotatable bonds is 7. The van der Waals surface area contributed by atoms with Gasteiger partial charge in [-0.15, -0.1) is 0 Å². The number of para-hydroxylation sites is 1. The molecule has 0 aromatic heterocycles. The Morgan fingerprint density at radius 2 is 1.70 bits per heavy atom. The minimum atomic E-state index is -0.203. The van der Waals surface area contributed by atoms with Crippen LogP contribution in [0.25, 0.3) is 0 Å². The molecule has 1 N–H and O–H groups in total. The van der Waals surface area contributed by atoms with Crippen LogP contribution in [-0.4, -0.2) is 26.7 Å². The van der Waals surface area contributed by atoms with Crippen molar-refractivity contribution in [1.82, 2.24) is 5.32 Å². The van der Waals surface area contributed by atoms with Crippen molar-refractivity contribution in [2.45, 2.75) is 13.0 Å². The Morgan fingerprint density at radius 1 is 1.00 bits per heavy atom. The molecule has 0 heterocycles. The fourth-order valence-electron chi connectivity index (χ4n) is 2.22. The highest BCUT2D eigenvalue weighted by atomic mass is 16.5. The van der Waals surface area contributed by atoms with Crippen molar-refractivity contribution in [2.75, 3.05) is 20.8 Å². The zero-order valence-electron chi connectivity index (χ0n) is 13.5. The first-order valence-corrected chi connectivity index (χ1v) is 7.33. The molecule has 2 aromatic carbocycles. The summed E-state index contributed by atoms with van der Waals surface area (Å²) >= 11 is 0. The molecule has 0 aliphatic heterocycles. The summed E-state index contributed by atoms with van der Waals surface area (Å²) in [6.07, 6.45) is 0. The Hall–Kier alpha value is -2.69. The molecule has 23 heavy (non-hydrogen) atoms. The Kier molecular flexibility index (Phi) is 5.86. The summed E-state index contributed by atoms with van der Waals surface area (Å²) in [4.78, 5) is 12.0. The van der Waals surface area contributed by atoms with Crippen LogP contribution in [0.4, 0.5) is 0 Å². The third-order valence-electron chi connectivity index (χ3n) is 3.40. The maximum atomic E-state index is 12.0. The molecule has 0 radical (unpaired) electrons. The maximum Gasteiger partial charge on any atom is 0.258 e. The molecule has 0 spiro atoms. The average molecular weight is 315 g/mol. The molecule has 0 saturated heterocycles. The summed E-state index contributed by atoms with van der Waals surface area (Å²) in [7, 11) is 3.08. The van der Waals surface area contributed by atoms with Crippen molar-refractivity contribution in [1.29, 1.82) is 0 Å². The number of methoxy groups -OCH3 is 2. The van der Waals surface area contributed by atoms with Gasteiger partial charge in [-0.05, 0) is 24.6 Å². The number of carbonyl (C=O) groups excluding carboxylic acids is 1. The van der Waals surface area contributed by atoms with Crippen LogP contribution in [0.3, 0.4) is 0 Å². The predicted octanol–water partition coefficient (Wildman–Crippen LogP) is 2.96. The summed E-state index contributed by atoms with van der Waals surface area (Å²) in [6, 6.07) is 15.0. The zero-order chi connectivity index (χ0) is 16.7. The monoisotopic (exact) mass is 315 g/mol. The first kappa shape index (κ1) is 16.7. The van der Waals surface area contributed by atoms with E-state index in [1.165, 1.54) is 7.11 Å². The van der Waals surface area contributed by atoms with Crippen molar-refractivity contribution in [3.63, 3.8) is 0 Å². The van der Waals surface area contributed by atoms with Crippen LogP contribution in [-0.2, 0) is 4.79 Å². The van der Waals surface area contributed by atoms with Gasteiger partial charge in [-0.1, -0.05) is 36.4 Å². The second kappa shape index (κ2) is 8.08. The second-order valence-corrected chi connectivity index (χ2v) is 4.98. The molecule has 0 bridgehead atoms. The number of nitrogens with one attached hydrogen (secondary N) is 1. The second-order valence-electron chi connectivity index (χ2n) is 4.98. The number of ether oxygens (including phenoxy) is 3. The molecule has 0 aliphatic carbocycles. The van der Waals surface area contributed by atoms with Crippen LogP contribution in [0.1, 0.15) is 18.5 Å². The lowest BCUT2D eigenvalue weighted by atomic mass is 10.1. The lowest BCUT2D eigenvalue weighted by molar-refractivity contribution is -0.123. The van der Waals surface area contributed by atoms with Crippen molar-refractivity contribution in [2.24, 2.45) is 0 Å². The topological polar surface area (TPSA) is 56.8 Å². The molecule has 122 valence electrons. The fraction of sp³-hybridized carbons (Fsp3) is 0.278. The SMILES string of the molecule is COc1cccc(OCC(=O)NC(C)c2ccccc2)c1OC.